The Hall–Kier alpha value is 0.536. The second kappa shape index (κ2) is 23.0. The first-order chi connectivity index (χ1) is 15.6. The normalized spacial score (nSPS) is 17.8. The fraction of sp³-hybridized carbons (Fsp3) is 0.926. The number of rotatable bonds is 21. The van der Waals surface area contributed by atoms with Crippen LogP contribution in [-0.2, 0) is 9.59 Å². The van der Waals surface area contributed by atoms with Crippen LogP contribution in [0.15, 0.2) is 0 Å². The first-order valence-corrected chi connectivity index (χ1v) is 13.8. The molecule has 2 atom stereocenters. The molecule has 2 N–H and O–H groups in total. The van der Waals surface area contributed by atoms with Gasteiger partial charge in [-0.1, -0.05) is 122 Å². The quantitative estimate of drug-likeness (QED) is 0.142. The molecule has 0 aromatic heterocycles. The molecule has 1 aliphatic heterocycles. The Bertz CT molecular complexity index is 489. The van der Waals surface area contributed by atoms with E-state index in [1.807, 2.05) is 0 Å². The minimum Gasteiger partial charge on any atom is -0.480 e. The number of hydrogen-bond donors (Lipinski definition) is 2. The molecule has 1 rings (SSSR count). The zero-order valence-corrected chi connectivity index (χ0v) is 25.0. The Kier molecular flexibility index (Phi) is 23.3. The number of carbonyl (C=O) groups is 2. The number of aliphatic hydroxyl groups excluding tert-OH is 1. The number of nitrogens with zero attached hydrogens (tertiary/aromatic N) is 1. The van der Waals surface area contributed by atoms with E-state index in [9.17, 15) is 19.8 Å². The number of β-amino-alcohol motifs (C(OH)–C–C–N with tert-alkyl or cyclic N) is 1. The van der Waals surface area contributed by atoms with Crippen molar-refractivity contribution in [1.29, 1.82) is 0 Å². The van der Waals surface area contributed by atoms with Crippen LogP contribution in [0.3, 0.4) is 0 Å². The van der Waals surface area contributed by atoms with Crippen LogP contribution in [0.5, 0.6) is 0 Å². The third-order valence-electron chi connectivity index (χ3n) is 6.88. The first-order valence-electron chi connectivity index (χ1n) is 13.8. The molecule has 0 saturated carbocycles. The topological polar surface area (TPSA) is 77.8 Å². The molecule has 1 amide bonds. The van der Waals surface area contributed by atoms with Crippen molar-refractivity contribution in [3.63, 3.8) is 0 Å². The summed E-state index contributed by atoms with van der Waals surface area (Å²) in [6, 6.07) is -0.849. The molecule has 0 aromatic rings. The third kappa shape index (κ3) is 17.6. The maximum atomic E-state index is 12.2. The molecular formula is C27H51KNO4. The molecule has 1 radical (unpaired) electrons. The maximum absolute atomic E-state index is 12.2. The molecule has 0 spiro atoms. The van der Waals surface area contributed by atoms with E-state index in [-0.39, 0.29) is 70.3 Å². The maximum Gasteiger partial charge on any atom is 0.326 e. The molecule has 0 unspecified atom stereocenters. The Morgan fingerprint density at radius 3 is 1.42 bits per heavy atom. The van der Waals surface area contributed by atoms with Gasteiger partial charge in [-0.2, -0.15) is 0 Å². The van der Waals surface area contributed by atoms with Gasteiger partial charge in [0.15, 0.2) is 0 Å². The van der Waals surface area contributed by atoms with Crippen LogP contribution in [0.2, 0.25) is 0 Å². The summed E-state index contributed by atoms with van der Waals surface area (Å²) in [7, 11) is 0. The molecule has 1 fully saturated rings. The van der Waals surface area contributed by atoms with Crippen LogP contribution in [0.1, 0.15) is 142 Å². The smallest absolute Gasteiger partial charge is 0.326 e. The van der Waals surface area contributed by atoms with E-state index in [0.29, 0.717) is 6.42 Å². The number of likely N-dealkylation sites (tertiary alicyclic amines) is 1. The third-order valence-corrected chi connectivity index (χ3v) is 6.88. The van der Waals surface area contributed by atoms with Gasteiger partial charge >= 0.3 is 5.97 Å². The largest absolute Gasteiger partial charge is 0.480 e. The molecule has 33 heavy (non-hydrogen) atoms. The second-order valence-electron chi connectivity index (χ2n) is 9.90. The van der Waals surface area contributed by atoms with Gasteiger partial charge in [-0.25, -0.2) is 4.79 Å². The van der Waals surface area contributed by atoms with E-state index < -0.39 is 18.1 Å². The van der Waals surface area contributed by atoms with Gasteiger partial charge in [-0.3, -0.25) is 4.79 Å². The molecule has 1 aliphatic rings. The van der Waals surface area contributed by atoms with Crippen molar-refractivity contribution < 1.29 is 19.8 Å². The Morgan fingerprint density at radius 2 is 1.06 bits per heavy atom. The summed E-state index contributed by atoms with van der Waals surface area (Å²) >= 11 is 0. The van der Waals surface area contributed by atoms with Gasteiger partial charge in [0.2, 0.25) is 5.91 Å². The van der Waals surface area contributed by atoms with Crippen LogP contribution in [0.4, 0.5) is 0 Å². The van der Waals surface area contributed by atoms with Crippen molar-refractivity contribution in [3.05, 3.63) is 0 Å². The number of carboxylic acids is 1. The van der Waals surface area contributed by atoms with Crippen molar-refractivity contribution in [1.82, 2.24) is 4.90 Å². The minimum absolute atomic E-state index is 0. The van der Waals surface area contributed by atoms with Crippen molar-refractivity contribution in [3.8, 4) is 0 Å². The summed E-state index contributed by atoms with van der Waals surface area (Å²) in [4.78, 5) is 24.8. The summed E-state index contributed by atoms with van der Waals surface area (Å²) in [5, 5.41) is 18.8. The SMILES string of the molecule is CCCCCCCCCCCCCCCCCCCCCC(=O)N1C[C@H](O)C[C@H]1C(=O)O.[K]. The fourth-order valence-electron chi connectivity index (χ4n) is 4.82. The number of aliphatic hydroxyl groups is 1. The summed E-state index contributed by atoms with van der Waals surface area (Å²) in [6.45, 7) is 2.44. The van der Waals surface area contributed by atoms with Gasteiger partial charge in [0.05, 0.1) is 6.10 Å². The van der Waals surface area contributed by atoms with E-state index in [1.54, 1.807) is 0 Å². The number of amides is 1. The number of carbonyl (C=O) groups excluding carboxylic acids is 1. The van der Waals surface area contributed by atoms with Crippen molar-refractivity contribution in [2.45, 2.75) is 154 Å². The van der Waals surface area contributed by atoms with E-state index >= 15 is 0 Å². The van der Waals surface area contributed by atoms with Crippen LogP contribution in [0, 0.1) is 0 Å². The second-order valence-corrected chi connectivity index (χ2v) is 9.90. The monoisotopic (exact) mass is 492 g/mol. The average Bonchev–Trinajstić information content (AvgIpc) is 3.17. The van der Waals surface area contributed by atoms with Crippen molar-refractivity contribution in [2.75, 3.05) is 6.54 Å². The first kappa shape index (κ1) is 33.5. The molecular weight excluding hydrogens is 441 g/mol. The van der Waals surface area contributed by atoms with Gasteiger partial charge in [-0.05, 0) is 6.42 Å². The number of aliphatic carboxylic acids is 1. The van der Waals surface area contributed by atoms with Crippen molar-refractivity contribution in [2.24, 2.45) is 0 Å². The predicted octanol–water partition coefficient (Wildman–Crippen LogP) is 6.47. The average molecular weight is 493 g/mol. The molecule has 1 saturated heterocycles. The van der Waals surface area contributed by atoms with Crippen LogP contribution >= 0.6 is 0 Å². The summed E-state index contributed by atoms with van der Waals surface area (Å²) < 4.78 is 0. The van der Waals surface area contributed by atoms with E-state index in [0.717, 1.165) is 19.3 Å². The summed E-state index contributed by atoms with van der Waals surface area (Å²) in [6.07, 6.45) is 24.9. The molecule has 1 heterocycles. The molecule has 0 aliphatic carbocycles. The standard InChI is InChI=1S/C27H51NO4.K/c1-2-3-4-5-6-7-8-9-10-11-12-13-14-15-16-17-18-19-20-21-26(30)28-23-24(29)22-25(28)27(31)32;/h24-25,29H,2-23H2,1H3,(H,31,32);/t24-,25+;/m1./s1. The van der Waals surface area contributed by atoms with E-state index in [4.69, 9.17) is 0 Å². The van der Waals surface area contributed by atoms with Gasteiger partial charge in [0, 0.05) is 70.8 Å². The predicted molar refractivity (Wildman–Crippen MR) is 138 cm³/mol. The van der Waals surface area contributed by atoms with E-state index in [1.165, 1.54) is 108 Å². The fourth-order valence-corrected chi connectivity index (χ4v) is 4.82. The summed E-state index contributed by atoms with van der Waals surface area (Å²) in [5.41, 5.74) is 0. The zero-order valence-electron chi connectivity index (χ0n) is 21.9. The molecule has 189 valence electrons. The minimum atomic E-state index is -1.01. The number of carboxylic acid groups (broad SMARTS) is 1. The van der Waals surface area contributed by atoms with E-state index in [2.05, 4.69) is 6.92 Å². The van der Waals surface area contributed by atoms with Gasteiger partial charge in [0.25, 0.3) is 0 Å². The Labute approximate surface area is 246 Å². The zero-order chi connectivity index (χ0) is 23.4. The van der Waals surface area contributed by atoms with Gasteiger partial charge in [-0.15, -0.1) is 0 Å². The molecule has 5 nitrogen and oxygen atoms in total. The number of unbranched alkanes of at least 4 members (excludes halogenated alkanes) is 18. The molecule has 6 heteroatoms. The molecule has 0 bridgehead atoms. The van der Waals surface area contributed by atoms with Crippen LogP contribution < -0.4 is 0 Å². The van der Waals surface area contributed by atoms with Gasteiger partial charge in [0.1, 0.15) is 6.04 Å². The Morgan fingerprint density at radius 1 is 0.697 bits per heavy atom. The van der Waals surface area contributed by atoms with Crippen LogP contribution in [-0.4, -0.2) is 97.1 Å². The van der Waals surface area contributed by atoms with Crippen LogP contribution in [0.25, 0.3) is 0 Å². The molecule has 0 aromatic carbocycles. The number of hydrogen-bond acceptors (Lipinski definition) is 3. The summed E-state index contributed by atoms with van der Waals surface area (Å²) in [5.74, 6) is -1.14. The Balaban J connectivity index is 0.0000102. The van der Waals surface area contributed by atoms with Gasteiger partial charge < -0.3 is 15.1 Å². The van der Waals surface area contributed by atoms with Crippen molar-refractivity contribution >= 4 is 63.3 Å².